The smallest absolute Gasteiger partial charge is 0.160 e. The Morgan fingerprint density at radius 3 is 2.37 bits per heavy atom. The average molecular weight is 418 g/mol. The van der Waals surface area contributed by atoms with Gasteiger partial charge in [0.25, 0.3) is 0 Å². The number of fused-ring (bicyclic) bond motifs is 1. The number of ether oxygens (including phenoxy) is 1. The molecular formula is C24H27N3O2Si. The molecule has 0 aliphatic carbocycles. The fourth-order valence-electron chi connectivity index (χ4n) is 3.30. The third kappa shape index (κ3) is 4.61. The highest BCUT2D eigenvalue weighted by Crippen LogP contribution is 2.31. The van der Waals surface area contributed by atoms with Crippen molar-refractivity contribution in [2.24, 2.45) is 0 Å². The molecule has 0 saturated heterocycles. The fraction of sp³-hybridized carbons (Fsp3) is 0.250. The number of rotatable bonds is 7. The molecule has 1 N–H and O–H groups in total. The Morgan fingerprint density at radius 1 is 0.933 bits per heavy atom. The maximum Gasteiger partial charge on any atom is 0.160 e. The normalized spacial score (nSPS) is 11.8. The summed E-state index contributed by atoms with van der Waals surface area (Å²) in [6.45, 7) is 8.17. The predicted octanol–water partition coefficient (Wildman–Crippen LogP) is 5.78. The number of hydrogen-bond acceptors (Lipinski definition) is 4. The molecule has 2 aromatic heterocycles. The SMILES string of the molecule is C[Si](C)(C)CCOCn1nc(-c2ccccc2)c2cc(-c3ccc(O)cc3)cnc21. The van der Waals surface area contributed by atoms with Crippen LogP contribution < -0.4 is 0 Å². The molecule has 0 fully saturated rings. The van der Waals surface area contributed by atoms with Gasteiger partial charge in [-0.15, -0.1) is 0 Å². The van der Waals surface area contributed by atoms with E-state index in [9.17, 15) is 5.11 Å². The number of benzene rings is 2. The van der Waals surface area contributed by atoms with Crippen molar-refractivity contribution in [1.29, 1.82) is 0 Å². The third-order valence-electron chi connectivity index (χ3n) is 5.04. The zero-order chi connectivity index (χ0) is 21.1. The maximum absolute atomic E-state index is 9.58. The van der Waals surface area contributed by atoms with Crippen LogP contribution in [0.25, 0.3) is 33.4 Å². The second-order valence-corrected chi connectivity index (χ2v) is 14.3. The Bertz CT molecular complexity index is 1130. The van der Waals surface area contributed by atoms with E-state index in [0.717, 1.165) is 46.1 Å². The minimum atomic E-state index is -1.13. The van der Waals surface area contributed by atoms with E-state index >= 15 is 0 Å². The average Bonchev–Trinajstić information content (AvgIpc) is 3.10. The van der Waals surface area contributed by atoms with Crippen LogP contribution in [0.1, 0.15) is 0 Å². The molecule has 0 saturated carbocycles. The summed E-state index contributed by atoms with van der Waals surface area (Å²) in [6.07, 6.45) is 1.85. The second-order valence-electron chi connectivity index (χ2n) is 8.70. The van der Waals surface area contributed by atoms with Crippen LogP contribution in [0.3, 0.4) is 0 Å². The minimum Gasteiger partial charge on any atom is -0.508 e. The standard InChI is InChI=1S/C24H27N3O2Si/c1-30(2,3)14-13-29-17-27-24-22(23(26-27)19-7-5-4-6-8-19)15-20(16-25-24)18-9-11-21(28)12-10-18/h4-12,15-16,28H,13-14,17H2,1-3H3. The molecule has 0 unspecified atom stereocenters. The molecule has 154 valence electrons. The van der Waals surface area contributed by atoms with E-state index in [-0.39, 0.29) is 5.75 Å². The van der Waals surface area contributed by atoms with E-state index in [1.807, 2.05) is 41.2 Å². The topological polar surface area (TPSA) is 60.2 Å². The lowest BCUT2D eigenvalue weighted by atomic mass is 10.0. The van der Waals surface area contributed by atoms with Crippen molar-refractivity contribution in [3.05, 3.63) is 66.9 Å². The Labute approximate surface area is 178 Å². The molecule has 0 aliphatic heterocycles. The fourth-order valence-corrected chi connectivity index (χ4v) is 4.06. The van der Waals surface area contributed by atoms with Crippen molar-refractivity contribution in [3.63, 3.8) is 0 Å². The van der Waals surface area contributed by atoms with Crippen LogP contribution in [-0.2, 0) is 11.5 Å². The predicted molar refractivity (Wildman–Crippen MR) is 124 cm³/mol. The van der Waals surface area contributed by atoms with Crippen molar-refractivity contribution in [2.75, 3.05) is 6.61 Å². The van der Waals surface area contributed by atoms with Gasteiger partial charge in [0.15, 0.2) is 5.65 Å². The number of hydrogen-bond donors (Lipinski definition) is 1. The summed E-state index contributed by atoms with van der Waals surface area (Å²) in [4.78, 5) is 4.72. The monoisotopic (exact) mass is 417 g/mol. The van der Waals surface area contributed by atoms with Crippen LogP contribution in [0.4, 0.5) is 0 Å². The lowest BCUT2D eigenvalue weighted by molar-refractivity contribution is 0.0814. The molecule has 2 aromatic carbocycles. The zero-order valence-electron chi connectivity index (χ0n) is 17.7. The largest absolute Gasteiger partial charge is 0.508 e. The molecule has 0 atom stereocenters. The van der Waals surface area contributed by atoms with E-state index in [1.165, 1.54) is 0 Å². The molecule has 2 heterocycles. The van der Waals surface area contributed by atoms with E-state index < -0.39 is 8.07 Å². The first-order chi connectivity index (χ1) is 14.4. The van der Waals surface area contributed by atoms with Gasteiger partial charge in [0, 0.05) is 37.4 Å². The summed E-state index contributed by atoms with van der Waals surface area (Å²) in [5, 5.41) is 15.4. The van der Waals surface area contributed by atoms with Gasteiger partial charge < -0.3 is 9.84 Å². The molecule has 0 radical (unpaired) electrons. The number of aromatic hydroxyl groups is 1. The Balaban J connectivity index is 1.71. The maximum atomic E-state index is 9.58. The molecule has 5 nitrogen and oxygen atoms in total. The molecular weight excluding hydrogens is 390 g/mol. The summed E-state index contributed by atoms with van der Waals surface area (Å²) >= 11 is 0. The summed E-state index contributed by atoms with van der Waals surface area (Å²) in [7, 11) is -1.13. The van der Waals surface area contributed by atoms with Gasteiger partial charge in [0.05, 0.1) is 0 Å². The molecule has 30 heavy (non-hydrogen) atoms. The number of phenols is 1. The Morgan fingerprint density at radius 2 is 1.67 bits per heavy atom. The first kappa shape index (κ1) is 20.3. The minimum absolute atomic E-state index is 0.251. The highest BCUT2D eigenvalue weighted by Gasteiger charge is 2.16. The van der Waals surface area contributed by atoms with Gasteiger partial charge in [-0.25, -0.2) is 9.67 Å². The van der Waals surface area contributed by atoms with Crippen molar-refractivity contribution in [1.82, 2.24) is 14.8 Å². The van der Waals surface area contributed by atoms with E-state index in [1.54, 1.807) is 12.1 Å². The van der Waals surface area contributed by atoms with Crippen LogP contribution in [0, 0.1) is 0 Å². The van der Waals surface area contributed by atoms with Gasteiger partial charge in [-0.1, -0.05) is 62.1 Å². The second kappa shape index (κ2) is 8.42. The summed E-state index contributed by atoms with van der Waals surface area (Å²) in [5.74, 6) is 0.251. The molecule has 0 bridgehead atoms. The molecule has 0 amide bonds. The lowest BCUT2D eigenvalue weighted by Gasteiger charge is -2.15. The Kier molecular flexibility index (Phi) is 5.70. The van der Waals surface area contributed by atoms with E-state index in [2.05, 4.69) is 37.8 Å². The first-order valence-corrected chi connectivity index (χ1v) is 13.9. The number of nitrogens with zero attached hydrogens (tertiary/aromatic N) is 3. The van der Waals surface area contributed by atoms with Crippen molar-refractivity contribution in [3.8, 4) is 28.1 Å². The third-order valence-corrected chi connectivity index (χ3v) is 6.75. The van der Waals surface area contributed by atoms with E-state index in [4.69, 9.17) is 14.8 Å². The quantitative estimate of drug-likeness (QED) is 0.306. The zero-order valence-corrected chi connectivity index (χ0v) is 18.7. The highest BCUT2D eigenvalue weighted by molar-refractivity contribution is 6.76. The number of aromatic nitrogens is 3. The van der Waals surface area contributed by atoms with Crippen molar-refractivity contribution >= 4 is 19.1 Å². The molecule has 6 heteroatoms. The number of pyridine rings is 1. The highest BCUT2D eigenvalue weighted by atomic mass is 28.3. The first-order valence-electron chi connectivity index (χ1n) is 10.2. The Hall–Kier alpha value is -2.96. The molecule has 0 spiro atoms. The lowest BCUT2D eigenvalue weighted by Crippen LogP contribution is -2.22. The van der Waals surface area contributed by atoms with Gasteiger partial charge in [0.1, 0.15) is 18.2 Å². The number of phenolic OH excluding ortho intramolecular Hbond substituents is 1. The van der Waals surface area contributed by atoms with Crippen LogP contribution in [0.2, 0.25) is 25.7 Å². The van der Waals surface area contributed by atoms with Gasteiger partial charge in [0.2, 0.25) is 0 Å². The molecule has 4 rings (SSSR count). The summed E-state index contributed by atoms with van der Waals surface area (Å²) in [5.41, 5.74) is 4.74. The molecule has 4 aromatic rings. The van der Waals surface area contributed by atoms with E-state index in [0.29, 0.717) is 6.73 Å². The van der Waals surface area contributed by atoms with Crippen LogP contribution in [0.15, 0.2) is 66.9 Å². The molecule has 0 aliphatic rings. The summed E-state index contributed by atoms with van der Waals surface area (Å²) < 4.78 is 7.80. The van der Waals surface area contributed by atoms with Crippen molar-refractivity contribution in [2.45, 2.75) is 32.4 Å². The van der Waals surface area contributed by atoms with Gasteiger partial charge >= 0.3 is 0 Å². The van der Waals surface area contributed by atoms with Crippen LogP contribution >= 0.6 is 0 Å². The van der Waals surface area contributed by atoms with Gasteiger partial charge in [-0.05, 0) is 29.8 Å². The summed E-state index contributed by atoms with van der Waals surface area (Å²) in [6, 6.07) is 20.6. The van der Waals surface area contributed by atoms with Gasteiger partial charge in [-0.3, -0.25) is 0 Å². The van der Waals surface area contributed by atoms with Crippen LogP contribution in [0.5, 0.6) is 5.75 Å². The van der Waals surface area contributed by atoms with Crippen molar-refractivity contribution < 1.29 is 9.84 Å². The van der Waals surface area contributed by atoms with Crippen LogP contribution in [-0.4, -0.2) is 34.6 Å². The van der Waals surface area contributed by atoms with Gasteiger partial charge in [-0.2, -0.15) is 5.10 Å².